The molecule has 1 aromatic heterocycles. The van der Waals surface area contributed by atoms with Gasteiger partial charge in [0, 0.05) is 42.9 Å². The zero-order valence-electron chi connectivity index (χ0n) is 16.6. The van der Waals surface area contributed by atoms with Gasteiger partial charge in [0.2, 0.25) is 5.91 Å². The number of nitrogens with two attached hydrogens (primary N) is 1. The maximum absolute atomic E-state index is 12.6. The molecule has 0 bridgehead atoms. The van der Waals surface area contributed by atoms with E-state index in [1.54, 1.807) is 25.3 Å². The monoisotopic (exact) mass is 413 g/mol. The van der Waals surface area contributed by atoms with Crippen LogP contribution in [0.4, 0.5) is 4.79 Å². The fraction of sp³-hybridized carbons (Fsp3) is 0.286. The van der Waals surface area contributed by atoms with E-state index in [2.05, 4.69) is 0 Å². The van der Waals surface area contributed by atoms with Crippen LogP contribution >= 0.6 is 11.8 Å². The van der Waals surface area contributed by atoms with E-state index >= 15 is 0 Å². The van der Waals surface area contributed by atoms with Gasteiger partial charge in [-0.25, -0.2) is 0 Å². The van der Waals surface area contributed by atoms with E-state index in [0.717, 1.165) is 34.4 Å². The molecule has 29 heavy (non-hydrogen) atoms. The maximum atomic E-state index is 12.6. The van der Waals surface area contributed by atoms with Crippen molar-refractivity contribution >= 4 is 34.9 Å². The second-order valence-electron chi connectivity index (χ2n) is 6.75. The van der Waals surface area contributed by atoms with E-state index in [1.807, 2.05) is 36.6 Å². The molecule has 2 N–H and O–H groups in total. The number of primary amides is 1. The molecule has 2 aromatic rings. The van der Waals surface area contributed by atoms with Crippen molar-refractivity contribution < 1.29 is 19.1 Å². The van der Waals surface area contributed by atoms with E-state index in [0.29, 0.717) is 30.0 Å². The Kier molecular flexibility index (Phi) is 6.24. The molecule has 1 aliphatic heterocycles. The minimum Gasteiger partial charge on any atom is -0.385 e. The van der Waals surface area contributed by atoms with Crippen LogP contribution < -0.4 is 5.73 Å². The first-order valence-corrected chi connectivity index (χ1v) is 9.98. The smallest absolute Gasteiger partial charge is 0.293 e. The quantitative estimate of drug-likeness (QED) is 0.555. The molecule has 2 heterocycles. The average Bonchev–Trinajstić information content (AvgIpc) is 3.11. The minimum atomic E-state index is -0.473. The van der Waals surface area contributed by atoms with Crippen LogP contribution in [-0.2, 0) is 9.53 Å². The van der Waals surface area contributed by atoms with Gasteiger partial charge in [-0.3, -0.25) is 19.3 Å². The third kappa shape index (κ3) is 4.28. The van der Waals surface area contributed by atoms with Crippen LogP contribution in [0.5, 0.6) is 0 Å². The number of methoxy groups -OCH3 is 1. The molecule has 0 spiro atoms. The van der Waals surface area contributed by atoms with Gasteiger partial charge in [0.25, 0.3) is 11.1 Å². The Bertz CT molecular complexity index is 992. The zero-order chi connectivity index (χ0) is 21.1. The standard InChI is InChI=1S/C21H23N3O4S/c1-13-11-16(12-18-20(26)23(21(27)29-18)9-4-10-28-3)14(2)24(13)17-7-5-15(6-8-17)19(22)25/h5-8,11-12H,4,9-10H2,1-3H3,(H2,22,25)/b18-12+. The van der Waals surface area contributed by atoms with Crippen LogP contribution in [0.3, 0.4) is 0 Å². The number of benzene rings is 1. The Morgan fingerprint density at radius 3 is 2.52 bits per heavy atom. The second kappa shape index (κ2) is 8.67. The number of carbonyl (C=O) groups excluding carboxylic acids is 3. The molecule has 1 aliphatic rings. The number of imide groups is 1. The summed E-state index contributed by atoms with van der Waals surface area (Å²) in [6, 6.07) is 8.99. The Morgan fingerprint density at radius 2 is 1.90 bits per heavy atom. The van der Waals surface area contributed by atoms with E-state index in [1.165, 1.54) is 4.90 Å². The number of aromatic nitrogens is 1. The number of hydrogen-bond donors (Lipinski definition) is 1. The zero-order valence-corrected chi connectivity index (χ0v) is 17.4. The molecular weight excluding hydrogens is 390 g/mol. The molecule has 3 amide bonds. The number of hydrogen-bond acceptors (Lipinski definition) is 5. The first-order chi connectivity index (χ1) is 13.8. The molecule has 1 saturated heterocycles. The summed E-state index contributed by atoms with van der Waals surface area (Å²) in [6.07, 6.45) is 2.37. The Hall–Kier alpha value is -2.84. The Morgan fingerprint density at radius 1 is 1.21 bits per heavy atom. The summed E-state index contributed by atoms with van der Waals surface area (Å²) in [7, 11) is 1.59. The van der Waals surface area contributed by atoms with Crippen LogP contribution in [-0.4, -0.2) is 46.8 Å². The molecule has 0 unspecified atom stereocenters. The van der Waals surface area contributed by atoms with Crippen molar-refractivity contribution in [3.63, 3.8) is 0 Å². The molecule has 152 valence electrons. The van der Waals surface area contributed by atoms with Gasteiger partial charge < -0.3 is 15.0 Å². The van der Waals surface area contributed by atoms with E-state index in [-0.39, 0.29) is 11.1 Å². The summed E-state index contributed by atoms with van der Waals surface area (Å²) in [4.78, 5) is 37.8. The highest BCUT2D eigenvalue weighted by Crippen LogP contribution is 2.33. The van der Waals surface area contributed by atoms with Gasteiger partial charge in [-0.15, -0.1) is 0 Å². The number of rotatable bonds is 7. The third-order valence-electron chi connectivity index (χ3n) is 4.77. The van der Waals surface area contributed by atoms with Crippen LogP contribution in [0.2, 0.25) is 0 Å². The van der Waals surface area contributed by atoms with Gasteiger partial charge in [-0.1, -0.05) is 0 Å². The SMILES string of the molecule is COCCCN1C(=O)S/C(=C/c2cc(C)n(-c3ccc(C(N)=O)cc3)c2C)C1=O. The lowest BCUT2D eigenvalue weighted by Gasteiger charge is -2.11. The maximum Gasteiger partial charge on any atom is 0.293 e. The lowest BCUT2D eigenvalue weighted by atomic mass is 10.2. The Labute approximate surface area is 173 Å². The number of carbonyl (C=O) groups is 3. The molecule has 1 aromatic carbocycles. The van der Waals surface area contributed by atoms with Gasteiger partial charge in [0.15, 0.2) is 0 Å². The fourth-order valence-electron chi connectivity index (χ4n) is 3.31. The summed E-state index contributed by atoms with van der Waals surface area (Å²) >= 11 is 0.957. The molecule has 8 heteroatoms. The van der Waals surface area contributed by atoms with Gasteiger partial charge in [0.1, 0.15) is 0 Å². The highest BCUT2D eigenvalue weighted by Gasteiger charge is 2.34. The summed E-state index contributed by atoms with van der Waals surface area (Å²) < 4.78 is 7.02. The topological polar surface area (TPSA) is 94.6 Å². The fourth-order valence-corrected chi connectivity index (χ4v) is 4.16. The first kappa shape index (κ1) is 20.9. The Balaban J connectivity index is 1.87. The molecule has 0 aliphatic carbocycles. The lowest BCUT2D eigenvalue weighted by Crippen LogP contribution is -2.29. The molecular formula is C21H23N3O4S. The molecule has 0 atom stereocenters. The summed E-state index contributed by atoms with van der Waals surface area (Å²) in [5.74, 6) is -0.744. The molecule has 1 fully saturated rings. The summed E-state index contributed by atoms with van der Waals surface area (Å²) in [5.41, 5.74) is 9.40. The second-order valence-corrected chi connectivity index (χ2v) is 7.75. The molecule has 7 nitrogen and oxygen atoms in total. The van der Waals surface area contributed by atoms with E-state index in [9.17, 15) is 14.4 Å². The minimum absolute atomic E-state index is 0.256. The average molecular weight is 413 g/mol. The third-order valence-corrected chi connectivity index (χ3v) is 5.68. The molecule has 0 saturated carbocycles. The van der Waals surface area contributed by atoms with Crippen LogP contribution in [0, 0.1) is 13.8 Å². The predicted octanol–water partition coefficient (Wildman–Crippen LogP) is 3.27. The number of aryl methyl sites for hydroxylation is 1. The van der Waals surface area contributed by atoms with Gasteiger partial charge in [-0.05, 0) is 74.0 Å². The predicted molar refractivity (Wildman–Crippen MR) is 113 cm³/mol. The first-order valence-electron chi connectivity index (χ1n) is 9.17. The van der Waals surface area contributed by atoms with Crippen molar-refractivity contribution in [2.24, 2.45) is 5.73 Å². The van der Waals surface area contributed by atoms with E-state index < -0.39 is 5.91 Å². The molecule has 0 radical (unpaired) electrons. The van der Waals surface area contributed by atoms with Gasteiger partial charge >= 0.3 is 0 Å². The van der Waals surface area contributed by atoms with Crippen LogP contribution in [0.1, 0.15) is 33.7 Å². The van der Waals surface area contributed by atoms with Crippen LogP contribution in [0.25, 0.3) is 11.8 Å². The van der Waals surface area contributed by atoms with Crippen LogP contribution in [0.15, 0.2) is 35.2 Å². The largest absolute Gasteiger partial charge is 0.385 e. The van der Waals surface area contributed by atoms with Crippen molar-refractivity contribution in [1.29, 1.82) is 0 Å². The summed E-state index contributed by atoms with van der Waals surface area (Å²) in [5, 5.41) is -0.256. The number of ether oxygens (including phenoxy) is 1. The van der Waals surface area contributed by atoms with Crippen molar-refractivity contribution in [2.45, 2.75) is 20.3 Å². The van der Waals surface area contributed by atoms with Crippen molar-refractivity contribution in [2.75, 3.05) is 20.3 Å². The van der Waals surface area contributed by atoms with Gasteiger partial charge in [0.05, 0.1) is 4.91 Å². The van der Waals surface area contributed by atoms with Crippen molar-refractivity contribution in [3.8, 4) is 5.69 Å². The summed E-state index contributed by atoms with van der Waals surface area (Å²) in [6.45, 7) is 4.75. The number of thioether (sulfide) groups is 1. The molecule has 3 rings (SSSR count). The highest BCUT2D eigenvalue weighted by atomic mass is 32.2. The number of nitrogens with zero attached hydrogens (tertiary/aromatic N) is 2. The normalized spacial score (nSPS) is 15.6. The highest BCUT2D eigenvalue weighted by molar-refractivity contribution is 8.18. The van der Waals surface area contributed by atoms with E-state index in [4.69, 9.17) is 10.5 Å². The number of amides is 3. The van der Waals surface area contributed by atoms with Crippen molar-refractivity contribution in [1.82, 2.24) is 9.47 Å². The lowest BCUT2D eigenvalue weighted by molar-refractivity contribution is -0.122. The van der Waals surface area contributed by atoms with Crippen molar-refractivity contribution in [3.05, 3.63) is 57.8 Å². The van der Waals surface area contributed by atoms with Gasteiger partial charge in [-0.2, -0.15) is 0 Å².